The number of anilines is 1. The van der Waals surface area contributed by atoms with Gasteiger partial charge >= 0.3 is 0 Å². The first-order valence-corrected chi connectivity index (χ1v) is 8.00. The van der Waals surface area contributed by atoms with Crippen molar-refractivity contribution in [1.29, 1.82) is 0 Å². The minimum atomic E-state index is -0.218. The lowest BCUT2D eigenvalue weighted by molar-refractivity contribution is 0.255. The predicted molar refractivity (Wildman–Crippen MR) is 90.0 cm³/mol. The molecule has 0 aliphatic rings. The molecule has 0 saturated carbocycles. The van der Waals surface area contributed by atoms with E-state index in [-0.39, 0.29) is 5.82 Å². The summed E-state index contributed by atoms with van der Waals surface area (Å²) in [6.45, 7) is 9.62. The third-order valence-corrected chi connectivity index (χ3v) is 4.75. The molecule has 0 spiro atoms. The summed E-state index contributed by atoms with van der Waals surface area (Å²) in [5.41, 5.74) is 7.58. The predicted octanol–water partition coefficient (Wildman–Crippen LogP) is 4.29. The molecule has 1 heterocycles. The number of nitrogens with two attached hydrogens (primary N) is 1. The molecule has 3 nitrogen and oxygen atoms in total. The number of hydrogen-bond donors (Lipinski definition) is 1. The molecule has 20 heavy (non-hydrogen) atoms. The molecule has 0 unspecified atom stereocenters. The molecular formula is C15H21FIN3. The average Bonchev–Trinajstić information content (AvgIpc) is 2.61. The van der Waals surface area contributed by atoms with Crippen molar-refractivity contribution in [3.63, 3.8) is 0 Å². The van der Waals surface area contributed by atoms with Gasteiger partial charge in [0.25, 0.3) is 0 Å². The van der Waals surface area contributed by atoms with Crippen molar-refractivity contribution in [3.05, 3.63) is 21.5 Å². The van der Waals surface area contributed by atoms with Crippen molar-refractivity contribution >= 4 is 39.6 Å². The molecule has 1 aromatic heterocycles. The van der Waals surface area contributed by atoms with Crippen molar-refractivity contribution in [2.45, 2.75) is 34.2 Å². The van der Waals surface area contributed by atoms with E-state index in [9.17, 15) is 4.39 Å². The summed E-state index contributed by atoms with van der Waals surface area (Å²) in [7, 11) is 0. The van der Waals surface area contributed by atoms with Crippen LogP contribution in [-0.2, 0) is 6.54 Å². The van der Waals surface area contributed by atoms with Crippen LogP contribution in [0.3, 0.4) is 0 Å². The summed E-state index contributed by atoms with van der Waals surface area (Å²) in [5, 5.41) is 0. The van der Waals surface area contributed by atoms with E-state index in [1.165, 1.54) is 6.07 Å². The summed E-state index contributed by atoms with van der Waals surface area (Å²) in [5.74, 6) is 1.82. The Bertz CT molecular complexity index is 611. The molecule has 2 N–H and O–H groups in total. The third-order valence-electron chi connectivity index (χ3n) is 3.93. The van der Waals surface area contributed by atoms with E-state index in [1.54, 1.807) is 6.07 Å². The minimum Gasteiger partial charge on any atom is -0.369 e. The molecule has 2 aromatic rings. The zero-order chi connectivity index (χ0) is 15.0. The number of aromatic nitrogens is 2. The van der Waals surface area contributed by atoms with E-state index >= 15 is 0 Å². The van der Waals surface area contributed by atoms with Crippen LogP contribution in [-0.4, -0.2) is 9.55 Å². The SMILES string of the molecule is CC(C)C(Cn1c(N)nc2cc(I)c(F)cc21)C(C)C. The minimum absolute atomic E-state index is 0.218. The van der Waals surface area contributed by atoms with Gasteiger partial charge in [0.15, 0.2) is 0 Å². The molecule has 0 aliphatic carbocycles. The highest BCUT2D eigenvalue weighted by atomic mass is 127. The summed E-state index contributed by atoms with van der Waals surface area (Å²) in [6, 6.07) is 3.29. The molecule has 0 bridgehead atoms. The molecule has 0 aliphatic heterocycles. The Hall–Kier alpha value is -0.850. The van der Waals surface area contributed by atoms with Crippen molar-refractivity contribution in [3.8, 4) is 0 Å². The molecular weight excluding hydrogens is 368 g/mol. The molecule has 1 aromatic carbocycles. The van der Waals surface area contributed by atoms with E-state index in [1.807, 2.05) is 27.2 Å². The quantitative estimate of drug-likeness (QED) is 0.793. The Morgan fingerprint density at radius 3 is 2.40 bits per heavy atom. The number of imidazole rings is 1. The van der Waals surface area contributed by atoms with Crippen LogP contribution in [0.25, 0.3) is 11.0 Å². The van der Waals surface area contributed by atoms with Crippen LogP contribution in [0.15, 0.2) is 12.1 Å². The van der Waals surface area contributed by atoms with Crippen molar-refractivity contribution in [1.82, 2.24) is 9.55 Å². The number of rotatable bonds is 4. The van der Waals surface area contributed by atoms with Crippen molar-refractivity contribution < 1.29 is 4.39 Å². The van der Waals surface area contributed by atoms with Gasteiger partial charge in [0.2, 0.25) is 5.95 Å². The second-order valence-corrected chi connectivity index (χ2v) is 7.15. The normalized spacial score (nSPS) is 12.2. The highest BCUT2D eigenvalue weighted by Gasteiger charge is 2.21. The largest absolute Gasteiger partial charge is 0.369 e. The fraction of sp³-hybridized carbons (Fsp3) is 0.533. The van der Waals surface area contributed by atoms with Gasteiger partial charge in [0.05, 0.1) is 14.6 Å². The fourth-order valence-corrected chi connectivity index (χ4v) is 3.18. The lowest BCUT2D eigenvalue weighted by atomic mass is 9.85. The number of benzene rings is 1. The Morgan fingerprint density at radius 2 is 1.85 bits per heavy atom. The van der Waals surface area contributed by atoms with Crippen molar-refractivity contribution in [2.75, 3.05) is 5.73 Å². The van der Waals surface area contributed by atoms with Crippen LogP contribution in [0.5, 0.6) is 0 Å². The summed E-state index contributed by atoms with van der Waals surface area (Å²) in [4.78, 5) is 4.36. The smallest absolute Gasteiger partial charge is 0.201 e. The molecule has 0 fully saturated rings. The van der Waals surface area contributed by atoms with Gasteiger partial charge in [-0.2, -0.15) is 0 Å². The van der Waals surface area contributed by atoms with Crippen LogP contribution in [0.2, 0.25) is 0 Å². The number of hydrogen-bond acceptors (Lipinski definition) is 2. The zero-order valence-corrected chi connectivity index (χ0v) is 14.5. The van der Waals surface area contributed by atoms with Gasteiger partial charge < -0.3 is 10.3 Å². The first-order valence-electron chi connectivity index (χ1n) is 6.92. The first-order chi connectivity index (χ1) is 9.31. The topological polar surface area (TPSA) is 43.8 Å². The molecule has 0 radical (unpaired) electrons. The highest BCUT2D eigenvalue weighted by Crippen LogP contribution is 2.28. The Labute approximate surface area is 132 Å². The zero-order valence-electron chi connectivity index (χ0n) is 12.3. The lowest BCUT2D eigenvalue weighted by Gasteiger charge is -2.26. The van der Waals surface area contributed by atoms with Crippen LogP contribution < -0.4 is 5.73 Å². The second kappa shape index (κ2) is 5.87. The highest BCUT2D eigenvalue weighted by molar-refractivity contribution is 14.1. The number of fused-ring (bicyclic) bond motifs is 1. The van der Waals surface area contributed by atoms with E-state index in [4.69, 9.17) is 5.73 Å². The summed E-state index contributed by atoms with van der Waals surface area (Å²) in [6.07, 6.45) is 0. The van der Waals surface area contributed by atoms with Gasteiger partial charge in [0.1, 0.15) is 5.82 Å². The van der Waals surface area contributed by atoms with E-state index in [2.05, 4.69) is 32.7 Å². The third kappa shape index (κ3) is 2.92. The maximum atomic E-state index is 13.8. The summed E-state index contributed by atoms with van der Waals surface area (Å²) < 4.78 is 16.3. The van der Waals surface area contributed by atoms with E-state index < -0.39 is 0 Å². The molecule has 0 saturated heterocycles. The Kier molecular flexibility index (Phi) is 4.56. The van der Waals surface area contributed by atoms with Gasteiger partial charge in [-0.3, -0.25) is 0 Å². The van der Waals surface area contributed by atoms with Gasteiger partial charge in [-0.05, 0) is 46.4 Å². The van der Waals surface area contributed by atoms with Crippen LogP contribution in [0, 0.1) is 27.1 Å². The van der Waals surface area contributed by atoms with Gasteiger partial charge in [-0.15, -0.1) is 0 Å². The summed E-state index contributed by atoms with van der Waals surface area (Å²) >= 11 is 1.98. The Balaban J connectivity index is 2.48. The number of halogens is 2. The Morgan fingerprint density at radius 1 is 1.25 bits per heavy atom. The van der Waals surface area contributed by atoms with Crippen LogP contribution >= 0.6 is 22.6 Å². The van der Waals surface area contributed by atoms with Crippen molar-refractivity contribution in [2.24, 2.45) is 17.8 Å². The molecule has 5 heteroatoms. The second-order valence-electron chi connectivity index (χ2n) is 5.99. The first kappa shape index (κ1) is 15.5. The van der Waals surface area contributed by atoms with E-state index in [0.717, 1.165) is 17.6 Å². The maximum absolute atomic E-state index is 13.8. The van der Waals surface area contributed by atoms with E-state index in [0.29, 0.717) is 27.3 Å². The number of nitrogens with zero attached hydrogens (tertiary/aromatic N) is 2. The maximum Gasteiger partial charge on any atom is 0.201 e. The standard InChI is InChI=1S/C15H21FIN3/c1-8(2)10(9(3)4)7-20-14-5-11(16)12(17)6-13(14)19-15(20)18/h5-6,8-10H,7H2,1-4H3,(H2,18,19). The van der Waals surface area contributed by atoms with Gasteiger partial charge in [0, 0.05) is 12.6 Å². The average molecular weight is 389 g/mol. The molecule has 0 atom stereocenters. The number of nitrogen functional groups attached to an aromatic ring is 1. The monoisotopic (exact) mass is 389 g/mol. The van der Waals surface area contributed by atoms with Crippen LogP contribution in [0.1, 0.15) is 27.7 Å². The molecule has 110 valence electrons. The fourth-order valence-electron chi connectivity index (χ4n) is 2.73. The molecule has 2 rings (SSSR count). The van der Waals surface area contributed by atoms with Crippen LogP contribution in [0.4, 0.5) is 10.3 Å². The molecule has 0 amide bonds. The lowest BCUT2D eigenvalue weighted by Crippen LogP contribution is -2.22. The van der Waals surface area contributed by atoms with Gasteiger partial charge in [-0.1, -0.05) is 27.7 Å². The van der Waals surface area contributed by atoms with Gasteiger partial charge in [-0.25, -0.2) is 9.37 Å².